The lowest BCUT2D eigenvalue weighted by Gasteiger charge is -2.27. The second kappa shape index (κ2) is 7.36. The number of nitrogens with zero attached hydrogens (tertiary/aromatic N) is 1. The summed E-state index contributed by atoms with van der Waals surface area (Å²) in [6.07, 6.45) is 0.886. The molecule has 0 bridgehead atoms. The number of nitrogens with one attached hydrogen (secondary N) is 2. The molecule has 0 spiro atoms. The first-order valence-corrected chi connectivity index (χ1v) is 8.19. The second-order valence-electron chi connectivity index (χ2n) is 5.60. The molecule has 1 fully saturated rings. The van der Waals surface area contributed by atoms with Gasteiger partial charge in [0.05, 0.1) is 0 Å². The van der Waals surface area contributed by atoms with Gasteiger partial charge in [-0.2, -0.15) is 0 Å². The van der Waals surface area contributed by atoms with Gasteiger partial charge < -0.3 is 10.6 Å². The first-order valence-electron chi connectivity index (χ1n) is 7.81. The van der Waals surface area contributed by atoms with Crippen LogP contribution < -0.4 is 15.5 Å². The van der Waals surface area contributed by atoms with Gasteiger partial charge in [-0.25, -0.2) is 4.79 Å². The maximum Gasteiger partial charge on any atom is 0.321 e. The summed E-state index contributed by atoms with van der Waals surface area (Å²) < 4.78 is 0. The zero-order chi connectivity index (χ0) is 16.9. The molecule has 6 heteroatoms. The molecule has 5 nitrogen and oxygen atoms in total. The first-order chi connectivity index (χ1) is 11.6. The lowest BCUT2D eigenvalue weighted by molar-refractivity contribution is 0.0951. The molecule has 0 radical (unpaired) electrons. The van der Waals surface area contributed by atoms with Gasteiger partial charge in [0.1, 0.15) is 0 Å². The van der Waals surface area contributed by atoms with Crippen molar-refractivity contribution in [3.63, 3.8) is 0 Å². The molecule has 1 aliphatic rings. The van der Waals surface area contributed by atoms with Crippen LogP contribution >= 0.6 is 11.6 Å². The fourth-order valence-corrected chi connectivity index (χ4v) is 2.84. The first kappa shape index (κ1) is 16.3. The largest absolute Gasteiger partial charge is 0.348 e. The summed E-state index contributed by atoms with van der Waals surface area (Å²) in [7, 11) is 0. The molecule has 2 N–H and O–H groups in total. The molecule has 0 aliphatic carbocycles. The van der Waals surface area contributed by atoms with Gasteiger partial charge in [0.15, 0.2) is 0 Å². The maximum absolute atomic E-state index is 12.4. The highest BCUT2D eigenvalue weighted by atomic mass is 35.5. The number of hydrogen-bond acceptors (Lipinski definition) is 2. The van der Waals surface area contributed by atoms with E-state index in [1.807, 2.05) is 24.3 Å². The minimum Gasteiger partial charge on any atom is -0.348 e. The average Bonchev–Trinajstić information content (AvgIpc) is 2.60. The van der Waals surface area contributed by atoms with Crippen LogP contribution in [-0.2, 0) is 6.54 Å². The normalized spacial score (nSPS) is 14.2. The molecule has 3 amide bonds. The maximum atomic E-state index is 12.4. The van der Waals surface area contributed by atoms with Crippen molar-refractivity contribution in [2.24, 2.45) is 0 Å². The minimum atomic E-state index is -0.186. The topological polar surface area (TPSA) is 61.4 Å². The molecule has 24 heavy (non-hydrogen) atoms. The average molecular weight is 344 g/mol. The summed E-state index contributed by atoms with van der Waals surface area (Å²) >= 11 is 5.94. The molecule has 0 atom stereocenters. The van der Waals surface area contributed by atoms with E-state index in [0.29, 0.717) is 30.2 Å². The minimum absolute atomic E-state index is 0.127. The van der Waals surface area contributed by atoms with Gasteiger partial charge in [0, 0.05) is 35.9 Å². The Kier molecular flexibility index (Phi) is 5.01. The number of carbonyl (C=O) groups is 2. The van der Waals surface area contributed by atoms with Gasteiger partial charge >= 0.3 is 6.03 Å². The zero-order valence-electron chi connectivity index (χ0n) is 13.1. The number of anilines is 1. The number of carbonyl (C=O) groups excluding carboxylic acids is 2. The molecule has 0 unspecified atom stereocenters. The number of benzene rings is 2. The fourth-order valence-electron chi connectivity index (χ4n) is 2.62. The van der Waals surface area contributed by atoms with E-state index in [9.17, 15) is 9.59 Å². The van der Waals surface area contributed by atoms with Crippen LogP contribution in [0.5, 0.6) is 0 Å². The van der Waals surface area contributed by atoms with Crippen molar-refractivity contribution in [1.29, 1.82) is 0 Å². The predicted molar refractivity (Wildman–Crippen MR) is 94.4 cm³/mol. The summed E-state index contributed by atoms with van der Waals surface area (Å²) in [4.78, 5) is 25.9. The Hall–Kier alpha value is -2.53. The van der Waals surface area contributed by atoms with Crippen molar-refractivity contribution >= 4 is 29.2 Å². The van der Waals surface area contributed by atoms with Gasteiger partial charge in [0.25, 0.3) is 5.91 Å². The van der Waals surface area contributed by atoms with Crippen LogP contribution in [0, 0.1) is 0 Å². The summed E-state index contributed by atoms with van der Waals surface area (Å²) in [5.74, 6) is -0.186. The Morgan fingerprint density at radius 2 is 2.04 bits per heavy atom. The fraction of sp³-hybridized carbons (Fsp3) is 0.222. The van der Waals surface area contributed by atoms with Crippen LogP contribution in [-0.4, -0.2) is 25.0 Å². The molecule has 1 saturated heterocycles. The lowest BCUT2D eigenvalue weighted by atomic mass is 10.1. The molecule has 1 heterocycles. The van der Waals surface area contributed by atoms with Crippen molar-refractivity contribution in [3.05, 3.63) is 64.7 Å². The molecule has 2 aromatic carbocycles. The van der Waals surface area contributed by atoms with E-state index in [4.69, 9.17) is 11.6 Å². The third-order valence-corrected chi connectivity index (χ3v) is 4.08. The molecule has 0 saturated carbocycles. The Labute approximate surface area is 145 Å². The van der Waals surface area contributed by atoms with Crippen molar-refractivity contribution in [2.45, 2.75) is 13.0 Å². The van der Waals surface area contributed by atoms with Gasteiger partial charge in [-0.05, 0) is 42.3 Å². The number of hydrogen-bond donors (Lipinski definition) is 2. The number of urea groups is 1. The molecule has 0 aromatic heterocycles. The Bertz CT molecular complexity index is 763. The zero-order valence-corrected chi connectivity index (χ0v) is 13.8. The number of rotatable bonds is 4. The molecular formula is C18H18ClN3O2. The molecule has 1 aliphatic heterocycles. The van der Waals surface area contributed by atoms with E-state index in [1.165, 1.54) is 0 Å². The van der Waals surface area contributed by atoms with Crippen LogP contribution in [0.3, 0.4) is 0 Å². The van der Waals surface area contributed by atoms with E-state index < -0.39 is 0 Å². The van der Waals surface area contributed by atoms with Crippen molar-refractivity contribution in [3.8, 4) is 0 Å². The third kappa shape index (κ3) is 3.86. The summed E-state index contributed by atoms with van der Waals surface area (Å²) in [6.45, 7) is 1.74. The lowest BCUT2D eigenvalue weighted by Crippen LogP contribution is -2.46. The summed E-state index contributed by atoms with van der Waals surface area (Å²) in [5, 5.41) is 6.31. The molecular weight excluding hydrogens is 326 g/mol. The molecule has 2 aromatic rings. The van der Waals surface area contributed by atoms with E-state index in [1.54, 1.807) is 29.2 Å². The number of halogens is 1. The van der Waals surface area contributed by atoms with Crippen LogP contribution in [0.25, 0.3) is 0 Å². The Morgan fingerprint density at radius 3 is 2.83 bits per heavy atom. The van der Waals surface area contributed by atoms with E-state index >= 15 is 0 Å². The van der Waals surface area contributed by atoms with E-state index in [2.05, 4.69) is 10.6 Å². The standard InChI is InChI=1S/C18H18ClN3O2/c19-15-6-1-4-13(10-15)12-21-17(23)14-5-2-7-16(11-14)22-9-3-8-20-18(22)24/h1-2,4-7,10-11H,3,8-9,12H2,(H,20,24)(H,21,23). The van der Waals surface area contributed by atoms with Gasteiger partial charge in [0.2, 0.25) is 0 Å². The quantitative estimate of drug-likeness (QED) is 0.895. The van der Waals surface area contributed by atoms with Crippen LogP contribution in [0.2, 0.25) is 5.02 Å². The van der Waals surface area contributed by atoms with Crippen LogP contribution in [0.4, 0.5) is 10.5 Å². The monoisotopic (exact) mass is 343 g/mol. The predicted octanol–water partition coefficient (Wildman–Crippen LogP) is 3.19. The van der Waals surface area contributed by atoms with E-state index in [0.717, 1.165) is 17.7 Å². The number of amides is 3. The van der Waals surface area contributed by atoms with Gasteiger partial charge in [-0.15, -0.1) is 0 Å². The Balaban J connectivity index is 1.69. The van der Waals surface area contributed by atoms with Crippen molar-refractivity contribution in [1.82, 2.24) is 10.6 Å². The van der Waals surface area contributed by atoms with Crippen LogP contribution in [0.15, 0.2) is 48.5 Å². The molecule has 3 rings (SSSR count). The highest BCUT2D eigenvalue weighted by molar-refractivity contribution is 6.30. The van der Waals surface area contributed by atoms with Crippen molar-refractivity contribution in [2.75, 3.05) is 18.0 Å². The van der Waals surface area contributed by atoms with Gasteiger partial charge in [-0.3, -0.25) is 9.69 Å². The summed E-state index contributed by atoms with van der Waals surface area (Å²) in [5.41, 5.74) is 2.18. The van der Waals surface area contributed by atoms with Gasteiger partial charge in [-0.1, -0.05) is 29.8 Å². The second-order valence-corrected chi connectivity index (χ2v) is 6.04. The highest BCUT2D eigenvalue weighted by Gasteiger charge is 2.19. The summed E-state index contributed by atoms with van der Waals surface area (Å²) in [6, 6.07) is 14.3. The highest BCUT2D eigenvalue weighted by Crippen LogP contribution is 2.18. The van der Waals surface area contributed by atoms with Crippen molar-refractivity contribution < 1.29 is 9.59 Å². The van der Waals surface area contributed by atoms with Crippen LogP contribution in [0.1, 0.15) is 22.3 Å². The molecule has 124 valence electrons. The van der Waals surface area contributed by atoms with E-state index in [-0.39, 0.29) is 11.9 Å². The third-order valence-electron chi connectivity index (χ3n) is 3.84. The smallest absolute Gasteiger partial charge is 0.321 e. The Morgan fingerprint density at radius 1 is 1.21 bits per heavy atom. The SMILES string of the molecule is O=C(NCc1cccc(Cl)c1)c1cccc(N2CCCNC2=O)c1.